The SMILES string of the molecule is COc1ccc2c(c1)C(F)(F)CCN2. The molecule has 1 aliphatic rings. The number of alkyl halides is 2. The highest BCUT2D eigenvalue weighted by Crippen LogP contribution is 2.41. The molecule has 1 aromatic carbocycles. The first-order valence-corrected chi connectivity index (χ1v) is 4.44. The molecule has 0 fully saturated rings. The molecule has 0 bridgehead atoms. The minimum atomic E-state index is -2.74. The third kappa shape index (κ3) is 1.41. The summed E-state index contributed by atoms with van der Waals surface area (Å²) in [6.07, 6.45) is -0.160. The van der Waals surface area contributed by atoms with Crippen LogP contribution >= 0.6 is 0 Å². The summed E-state index contributed by atoms with van der Waals surface area (Å²) >= 11 is 0. The van der Waals surface area contributed by atoms with Crippen LogP contribution in [-0.2, 0) is 5.92 Å². The third-order valence-corrected chi connectivity index (χ3v) is 2.38. The van der Waals surface area contributed by atoms with Gasteiger partial charge in [-0.25, -0.2) is 8.78 Å². The predicted molar refractivity (Wildman–Crippen MR) is 50.0 cm³/mol. The Morgan fingerprint density at radius 1 is 1.43 bits per heavy atom. The fraction of sp³-hybridized carbons (Fsp3) is 0.400. The Bertz CT molecular complexity index is 352. The van der Waals surface area contributed by atoms with Gasteiger partial charge in [0.15, 0.2) is 0 Å². The summed E-state index contributed by atoms with van der Waals surface area (Å²) in [5, 5.41) is 2.93. The second-order valence-corrected chi connectivity index (χ2v) is 3.29. The number of hydrogen-bond acceptors (Lipinski definition) is 2. The molecule has 14 heavy (non-hydrogen) atoms. The highest BCUT2D eigenvalue weighted by atomic mass is 19.3. The average molecular weight is 199 g/mol. The van der Waals surface area contributed by atoms with Crippen molar-refractivity contribution in [2.75, 3.05) is 19.0 Å². The van der Waals surface area contributed by atoms with E-state index in [2.05, 4.69) is 5.32 Å². The highest BCUT2D eigenvalue weighted by molar-refractivity contribution is 5.57. The molecule has 4 heteroatoms. The molecule has 0 saturated carbocycles. The van der Waals surface area contributed by atoms with E-state index in [0.29, 0.717) is 18.0 Å². The van der Waals surface area contributed by atoms with E-state index in [1.165, 1.54) is 13.2 Å². The predicted octanol–water partition coefficient (Wildman–Crippen LogP) is 2.60. The Labute approximate surface area is 80.9 Å². The van der Waals surface area contributed by atoms with Crippen LogP contribution in [0.15, 0.2) is 18.2 Å². The molecule has 1 aliphatic heterocycles. The summed E-state index contributed by atoms with van der Waals surface area (Å²) in [5.74, 6) is -2.28. The van der Waals surface area contributed by atoms with E-state index in [-0.39, 0.29) is 12.0 Å². The zero-order valence-corrected chi connectivity index (χ0v) is 7.81. The highest BCUT2D eigenvalue weighted by Gasteiger charge is 2.36. The van der Waals surface area contributed by atoms with Crippen LogP contribution < -0.4 is 10.1 Å². The first-order valence-electron chi connectivity index (χ1n) is 4.44. The van der Waals surface area contributed by atoms with Crippen molar-refractivity contribution in [2.45, 2.75) is 12.3 Å². The van der Waals surface area contributed by atoms with Gasteiger partial charge in [-0.2, -0.15) is 0 Å². The van der Waals surface area contributed by atoms with Gasteiger partial charge in [-0.1, -0.05) is 0 Å². The van der Waals surface area contributed by atoms with Crippen LogP contribution in [0.25, 0.3) is 0 Å². The summed E-state index contributed by atoms with van der Waals surface area (Å²) in [7, 11) is 1.47. The molecule has 76 valence electrons. The molecule has 0 amide bonds. The lowest BCUT2D eigenvalue weighted by Crippen LogP contribution is -2.25. The van der Waals surface area contributed by atoms with Crippen molar-refractivity contribution >= 4 is 5.69 Å². The average Bonchev–Trinajstić information content (AvgIpc) is 2.17. The van der Waals surface area contributed by atoms with Crippen LogP contribution in [0.3, 0.4) is 0 Å². The summed E-state index contributed by atoms with van der Waals surface area (Å²) < 4.78 is 31.7. The molecule has 0 aromatic heterocycles. The Balaban J connectivity index is 2.49. The second kappa shape index (κ2) is 3.12. The quantitative estimate of drug-likeness (QED) is 0.750. The number of benzene rings is 1. The number of rotatable bonds is 1. The van der Waals surface area contributed by atoms with Crippen LogP contribution in [0, 0.1) is 0 Å². The molecular weight excluding hydrogens is 188 g/mol. The molecule has 2 rings (SSSR count). The number of hydrogen-bond donors (Lipinski definition) is 1. The maximum atomic E-state index is 13.4. The molecule has 0 aliphatic carbocycles. The van der Waals surface area contributed by atoms with Gasteiger partial charge in [0, 0.05) is 24.2 Å². The van der Waals surface area contributed by atoms with Gasteiger partial charge in [0.2, 0.25) is 0 Å². The Morgan fingerprint density at radius 2 is 2.21 bits per heavy atom. The first-order chi connectivity index (χ1) is 6.63. The lowest BCUT2D eigenvalue weighted by Gasteiger charge is -2.26. The van der Waals surface area contributed by atoms with E-state index < -0.39 is 5.92 Å². The number of methoxy groups -OCH3 is 1. The van der Waals surface area contributed by atoms with Crippen molar-refractivity contribution in [3.63, 3.8) is 0 Å². The minimum absolute atomic E-state index is 0.0306. The smallest absolute Gasteiger partial charge is 0.277 e. The van der Waals surface area contributed by atoms with Gasteiger partial charge in [0.1, 0.15) is 5.75 Å². The molecule has 0 spiro atoms. The van der Waals surface area contributed by atoms with Crippen LogP contribution in [0.1, 0.15) is 12.0 Å². The van der Waals surface area contributed by atoms with Crippen molar-refractivity contribution in [3.8, 4) is 5.75 Å². The van der Waals surface area contributed by atoms with Gasteiger partial charge in [0.25, 0.3) is 5.92 Å². The largest absolute Gasteiger partial charge is 0.497 e. The van der Waals surface area contributed by atoms with Crippen LogP contribution in [0.2, 0.25) is 0 Å². The van der Waals surface area contributed by atoms with Crippen molar-refractivity contribution in [1.29, 1.82) is 0 Å². The van der Waals surface area contributed by atoms with E-state index in [1.807, 2.05) is 0 Å². The van der Waals surface area contributed by atoms with Crippen LogP contribution in [0.5, 0.6) is 5.75 Å². The van der Waals surface area contributed by atoms with E-state index in [9.17, 15) is 8.78 Å². The molecule has 0 saturated heterocycles. The standard InChI is InChI=1S/C10H11F2NO/c1-14-7-2-3-9-8(6-7)10(11,12)4-5-13-9/h2-3,6,13H,4-5H2,1H3. The molecule has 2 nitrogen and oxygen atoms in total. The van der Waals surface area contributed by atoms with Crippen molar-refractivity contribution in [2.24, 2.45) is 0 Å². The topological polar surface area (TPSA) is 21.3 Å². The molecule has 1 N–H and O–H groups in total. The molecular formula is C10H11F2NO. The Kier molecular flexibility index (Phi) is 2.06. The van der Waals surface area contributed by atoms with Crippen LogP contribution in [-0.4, -0.2) is 13.7 Å². The summed E-state index contributed by atoms with van der Waals surface area (Å²) in [6, 6.07) is 4.69. The van der Waals surface area contributed by atoms with Crippen molar-refractivity contribution < 1.29 is 13.5 Å². The number of anilines is 1. The van der Waals surface area contributed by atoms with Gasteiger partial charge in [0.05, 0.1) is 7.11 Å². The van der Waals surface area contributed by atoms with Gasteiger partial charge < -0.3 is 10.1 Å². The number of halogens is 2. The summed E-state index contributed by atoms with van der Waals surface area (Å²) in [5.41, 5.74) is 0.533. The molecule has 1 heterocycles. The molecule has 1 aromatic rings. The fourth-order valence-electron chi connectivity index (χ4n) is 1.60. The minimum Gasteiger partial charge on any atom is -0.497 e. The second-order valence-electron chi connectivity index (χ2n) is 3.29. The third-order valence-electron chi connectivity index (χ3n) is 2.38. The lowest BCUT2D eigenvalue weighted by atomic mass is 9.99. The maximum absolute atomic E-state index is 13.4. The number of ether oxygens (including phenoxy) is 1. The van der Waals surface area contributed by atoms with Gasteiger partial charge in [-0.05, 0) is 18.2 Å². The Hall–Kier alpha value is -1.32. The van der Waals surface area contributed by atoms with Crippen molar-refractivity contribution in [3.05, 3.63) is 23.8 Å². The van der Waals surface area contributed by atoms with Gasteiger partial charge >= 0.3 is 0 Å². The maximum Gasteiger partial charge on any atom is 0.277 e. The summed E-state index contributed by atoms with van der Waals surface area (Å²) in [6.45, 7) is 0.312. The van der Waals surface area contributed by atoms with Crippen molar-refractivity contribution in [1.82, 2.24) is 0 Å². The normalized spacial score (nSPS) is 18.2. The van der Waals surface area contributed by atoms with E-state index >= 15 is 0 Å². The molecule has 0 radical (unpaired) electrons. The van der Waals surface area contributed by atoms with E-state index in [4.69, 9.17) is 4.74 Å². The molecule has 0 atom stereocenters. The Morgan fingerprint density at radius 3 is 2.93 bits per heavy atom. The zero-order valence-electron chi connectivity index (χ0n) is 7.81. The monoisotopic (exact) mass is 199 g/mol. The number of fused-ring (bicyclic) bond motifs is 1. The van der Waals surface area contributed by atoms with E-state index in [0.717, 1.165) is 0 Å². The summed E-state index contributed by atoms with van der Waals surface area (Å²) in [4.78, 5) is 0. The van der Waals surface area contributed by atoms with Crippen LogP contribution in [0.4, 0.5) is 14.5 Å². The van der Waals surface area contributed by atoms with E-state index in [1.54, 1.807) is 12.1 Å². The lowest BCUT2D eigenvalue weighted by molar-refractivity contribution is -0.0124. The van der Waals surface area contributed by atoms with Gasteiger partial charge in [-0.3, -0.25) is 0 Å². The molecule has 0 unspecified atom stereocenters. The van der Waals surface area contributed by atoms with Gasteiger partial charge in [-0.15, -0.1) is 0 Å². The number of nitrogens with one attached hydrogen (secondary N) is 1. The fourth-order valence-corrected chi connectivity index (χ4v) is 1.60. The zero-order chi connectivity index (χ0) is 10.2. The first kappa shape index (κ1) is 9.24.